The highest BCUT2D eigenvalue weighted by molar-refractivity contribution is 5.36. The topological polar surface area (TPSA) is 59.0 Å². The van der Waals surface area contributed by atoms with Crippen LogP contribution in [0.3, 0.4) is 0 Å². The summed E-state index contributed by atoms with van der Waals surface area (Å²) in [7, 11) is 3.68. The van der Waals surface area contributed by atoms with Crippen LogP contribution in [0.2, 0.25) is 0 Å². The van der Waals surface area contributed by atoms with Gasteiger partial charge in [-0.25, -0.2) is 4.98 Å². The fraction of sp³-hybridized carbons (Fsp3) is 0.333. The molecule has 0 radical (unpaired) electrons. The fourth-order valence-corrected chi connectivity index (χ4v) is 3.40. The van der Waals surface area contributed by atoms with E-state index in [1.807, 2.05) is 30.1 Å². The van der Waals surface area contributed by atoms with Gasteiger partial charge in [-0.05, 0) is 23.8 Å². The minimum atomic E-state index is 0.263. The molecule has 1 unspecified atom stereocenters. The van der Waals surface area contributed by atoms with Crippen LogP contribution in [0, 0.1) is 0 Å². The summed E-state index contributed by atoms with van der Waals surface area (Å²) >= 11 is 0. The largest absolute Gasteiger partial charge is 0.497 e. The summed E-state index contributed by atoms with van der Waals surface area (Å²) in [6.07, 6.45) is 3.65. The normalized spacial score (nSPS) is 17.7. The highest BCUT2D eigenvalue weighted by atomic mass is 16.5. The zero-order chi connectivity index (χ0) is 16.5. The molecule has 1 aliphatic heterocycles. The molecule has 6 heteroatoms. The lowest BCUT2D eigenvalue weighted by Crippen LogP contribution is -2.34. The molecule has 0 bridgehead atoms. The maximum absolute atomic E-state index is 5.27. The number of ether oxygens (including phenoxy) is 1. The third-order valence-electron chi connectivity index (χ3n) is 4.73. The van der Waals surface area contributed by atoms with E-state index in [-0.39, 0.29) is 5.92 Å². The molecule has 0 fully saturated rings. The number of H-pyrrole nitrogens is 1. The summed E-state index contributed by atoms with van der Waals surface area (Å²) in [6.45, 7) is 2.70. The summed E-state index contributed by atoms with van der Waals surface area (Å²) in [5.74, 6) is 1.14. The lowest BCUT2D eigenvalue weighted by atomic mass is 9.91. The molecule has 4 rings (SSSR count). The monoisotopic (exact) mass is 323 g/mol. The van der Waals surface area contributed by atoms with Crippen LogP contribution in [-0.4, -0.2) is 38.3 Å². The van der Waals surface area contributed by atoms with Crippen molar-refractivity contribution in [1.82, 2.24) is 24.6 Å². The first kappa shape index (κ1) is 15.0. The third kappa shape index (κ3) is 2.69. The number of hydrogen-bond donors (Lipinski definition) is 1. The van der Waals surface area contributed by atoms with E-state index in [2.05, 4.69) is 38.2 Å². The van der Waals surface area contributed by atoms with E-state index in [9.17, 15) is 0 Å². The van der Waals surface area contributed by atoms with Gasteiger partial charge < -0.3 is 9.72 Å². The van der Waals surface area contributed by atoms with Crippen LogP contribution in [0.4, 0.5) is 0 Å². The second-order valence-corrected chi connectivity index (χ2v) is 6.21. The molecule has 2 aromatic heterocycles. The van der Waals surface area contributed by atoms with Crippen molar-refractivity contribution in [1.29, 1.82) is 0 Å². The molecule has 3 aromatic rings. The number of benzene rings is 1. The van der Waals surface area contributed by atoms with Crippen LogP contribution in [0.5, 0.6) is 5.75 Å². The molecule has 24 heavy (non-hydrogen) atoms. The molecule has 0 aliphatic carbocycles. The predicted molar refractivity (Wildman–Crippen MR) is 90.7 cm³/mol. The molecule has 1 aromatic carbocycles. The van der Waals surface area contributed by atoms with Gasteiger partial charge in [0.2, 0.25) is 0 Å². The van der Waals surface area contributed by atoms with E-state index in [4.69, 9.17) is 4.74 Å². The van der Waals surface area contributed by atoms with Gasteiger partial charge in [-0.2, -0.15) is 5.10 Å². The third-order valence-corrected chi connectivity index (χ3v) is 4.73. The van der Waals surface area contributed by atoms with Gasteiger partial charge >= 0.3 is 0 Å². The van der Waals surface area contributed by atoms with Crippen LogP contribution in [-0.2, 0) is 20.1 Å². The molecule has 0 spiro atoms. The number of hydrogen-bond acceptors (Lipinski definition) is 4. The smallest absolute Gasteiger partial charge is 0.118 e. The van der Waals surface area contributed by atoms with Crippen LogP contribution < -0.4 is 4.74 Å². The van der Waals surface area contributed by atoms with E-state index in [0.29, 0.717) is 0 Å². The van der Waals surface area contributed by atoms with Gasteiger partial charge in [0.1, 0.15) is 5.75 Å². The number of aromatic amines is 1. The molecule has 6 nitrogen and oxygen atoms in total. The Bertz CT molecular complexity index is 820. The number of imidazole rings is 1. The quantitative estimate of drug-likeness (QED) is 0.800. The van der Waals surface area contributed by atoms with E-state index in [1.54, 1.807) is 13.4 Å². The highest BCUT2D eigenvalue weighted by Gasteiger charge is 2.29. The van der Waals surface area contributed by atoms with Crippen molar-refractivity contribution in [3.8, 4) is 5.75 Å². The number of nitrogens with zero attached hydrogens (tertiary/aromatic N) is 4. The fourth-order valence-electron chi connectivity index (χ4n) is 3.40. The van der Waals surface area contributed by atoms with Gasteiger partial charge in [-0.1, -0.05) is 12.1 Å². The molecule has 0 saturated carbocycles. The number of methoxy groups -OCH3 is 1. The van der Waals surface area contributed by atoms with Gasteiger partial charge in [-0.15, -0.1) is 0 Å². The minimum absolute atomic E-state index is 0.263. The number of aromatic nitrogens is 4. The summed E-state index contributed by atoms with van der Waals surface area (Å²) in [5, 5.41) is 4.27. The lowest BCUT2D eigenvalue weighted by molar-refractivity contribution is 0.222. The SMILES string of the molecule is COc1ccc(C2CN(Cc3ccnn3C)Cc3[nH]cnc32)cc1. The van der Waals surface area contributed by atoms with Gasteiger partial charge in [0, 0.05) is 38.8 Å². The Balaban J connectivity index is 1.62. The Hall–Kier alpha value is -2.60. The Morgan fingerprint density at radius 3 is 2.79 bits per heavy atom. The number of fused-ring (bicyclic) bond motifs is 1. The van der Waals surface area contributed by atoms with Crippen molar-refractivity contribution in [2.24, 2.45) is 7.05 Å². The highest BCUT2D eigenvalue weighted by Crippen LogP contribution is 2.32. The van der Waals surface area contributed by atoms with Crippen LogP contribution >= 0.6 is 0 Å². The number of nitrogens with one attached hydrogen (secondary N) is 1. The van der Waals surface area contributed by atoms with Crippen molar-refractivity contribution in [3.05, 3.63) is 65.5 Å². The van der Waals surface area contributed by atoms with Gasteiger partial charge in [0.15, 0.2) is 0 Å². The number of aryl methyl sites for hydroxylation is 1. The predicted octanol–water partition coefficient (Wildman–Crippen LogP) is 2.30. The maximum Gasteiger partial charge on any atom is 0.118 e. The molecule has 0 amide bonds. The molecule has 124 valence electrons. The number of rotatable bonds is 4. The zero-order valence-electron chi connectivity index (χ0n) is 13.9. The van der Waals surface area contributed by atoms with Crippen molar-refractivity contribution < 1.29 is 4.74 Å². The Morgan fingerprint density at radius 2 is 2.08 bits per heavy atom. The summed E-state index contributed by atoms with van der Waals surface area (Å²) in [6, 6.07) is 10.4. The van der Waals surface area contributed by atoms with Crippen LogP contribution in [0.15, 0.2) is 42.9 Å². The van der Waals surface area contributed by atoms with Crippen molar-refractivity contribution in [3.63, 3.8) is 0 Å². The molecular weight excluding hydrogens is 302 g/mol. The Kier molecular flexibility index (Phi) is 3.82. The van der Waals surface area contributed by atoms with Crippen molar-refractivity contribution in [2.75, 3.05) is 13.7 Å². The average Bonchev–Trinajstić information content (AvgIpc) is 3.24. The Labute approximate surface area is 141 Å². The first-order valence-corrected chi connectivity index (χ1v) is 8.10. The van der Waals surface area contributed by atoms with E-state index in [1.165, 1.54) is 17.0 Å². The second-order valence-electron chi connectivity index (χ2n) is 6.21. The average molecular weight is 323 g/mol. The van der Waals surface area contributed by atoms with E-state index in [0.717, 1.165) is 31.1 Å². The molecule has 3 heterocycles. The van der Waals surface area contributed by atoms with Crippen molar-refractivity contribution in [2.45, 2.75) is 19.0 Å². The van der Waals surface area contributed by atoms with Crippen LogP contribution in [0.1, 0.15) is 28.6 Å². The van der Waals surface area contributed by atoms with Crippen LogP contribution in [0.25, 0.3) is 0 Å². The minimum Gasteiger partial charge on any atom is -0.497 e. The van der Waals surface area contributed by atoms with Gasteiger partial charge in [0.05, 0.1) is 30.5 Å². The first-order chi connectivity index (χ1) is 11.7. The summed E-state index contributed by atoms with van der Waals surface area (Å²) in [5.41, 5.74) is 4.83. The first-order valence-electron chi connectivity index (χ1n) is 8.10. The van der Waals surface area contributed by atoms with E-state index >= 15 is 0 Å². The standard InChI is InChI=1S/C18H21N5O/c1-22-14(7-8-21-22)9-23-10-16(18-17(11-23)19-12-20-18)13-3-5-15(24-2)6-4-13/h3-8,12,16H,9-11H2,1-2H3,(H,19,20). The lowest BCUT2D eigenvalue weighted by Gasteiger charge is -2.32. The molecular formula is C18H21N5O. The molecule has 1 N–H and O–H groups in total. The summed E-state index contributed by atoms with van der Waals surface area (Å²) in [4.78, 5) is 10.3. The van der Waals surface area contributed by atoms with Gasteiger partial charge in [-0.3, -0.25) is 9.58 Å². The Morgan fingerprint density at radius 1 is 1.25 bits per heavy atom. The summed E-state index contributed by atoms with van der Waals surface area (Å²) < 4.78 is 7.21. The van der Waals surface area contributed by atoms with E-state index < -0.39 is 0 Å². The van der Waals surface area contributed by atoms with Gasteiger partial charge in [0.25, 0.3) is 0 Å². The van der Waals surface area contributed by atoms with Crippen molar-refractivity contribution >= 4 is 0 Å². The molecule has 1 aliphatic rings. The maximum atomic E-state index is 5.27. The zero-order valence-corrected chi connectivity index (χ0v) is 13.9. The molecule has 0 saturated heterocycles. The molecule has 1 atom stereocenters. The second kappa shape index (κ2) is 6.13.